The van der Waals surface area contributed by atoms with Gasteiger partial charge in [-0.15, -0.1) is 0 Å². The predicted molar refractivity (Wildman–Crippen MR) is 88.8 cm³/mol. The van der Waals surface area contributed by atoms with E-state index in [1.165, 1.54) is 0 Å². The monoisotopic (exact) mass is 317 g/mol. The molecule has 2 heterocycles. The molecule has 23 heavy (non-hydrogen) atoms. The molecule has 0 amide bonds. The van der Waals surface area contributed by atoms with Crippen LogP contribution in [0.3, 0.4) is 0 Å². The van der Waals surface area contributed by atoms with Gasteiger partial charge >= 0.3 is 5.63 Å². The molecule has 1 aliphatic rings. The van der Waals surface area contributed by atoms with E-state index in [9.17, 15) is 9.90 Å². The minimum absolute atomic E-state index is 0.100. The number of fused-ring (bicyclic) bond motifs is 1. The molecule has 1 N–H and O–H groups in total. The van der Waals surface area contributed by atoms with Crippen LogP contribution in [-0.2, 0) is 6.54 Å². The lowest BCUT2D eigenvalue weighted by Crippen LogP contribution is -2.45. The van der Waals surface area contributed by atoms with Gasteiger partial charge in [0.25, 0.3) is 0 Å². The first-order chi connectivity index (χ1) is 10.9. The van der Waals surface area contributed by atoms with Crippen molar-refractivity contribution in [3.05, 3.63) is 40.2 Å². The third kappa shape index (κ3) is 3.26. The molecule has 124 valence electrons. The SMILES string of the molecule is COc1ccc2c(CN3CCCC3C(C)(C)O)cc(=O)oc2c1. The minimum Gasteiger partial charge on any atom is -0.497 e. The van der Waals surface area contributed by atoms with Crippen molar-refractivity contribution in [1.29, 1.82) is 0 Å². The van der Waals surface area contributed by atoms with Crippen molar-refractivity contribution >= 4 is 11.0 Å². The summed E-state index contributed by atoms with van der Waals surface area (Å²) in [6.07, 6.45) is 2.03. The largest absolute Gasteiger partial charge is 0.497 e. The first-order valence-corrected chi connectivity index (χ1v) is 7.95. The molecule has 1 saturated heterocycles. The highest BCUT2D eigenvalue weighted by Gasteiger charge is 2.35. The number of benzene rings is 1. The summed E-state index contributed by atoms with van der Waals surface area (Å²) >= 11 is 0. The summed E-state index contributed by atoms with van der Waals surface area (Å²) < 4.78 is 10.5. The molecule has 5 heteroatoms. The van der Waals surface area contributed by atoms with Crippen LogP contribution >= 0.6 is 0 Å². The van der Waals surface area contributed by atoms with Gasteiger partial charge in [0.2, 0.25) is 0 Å². The number of aliphatic hydroxyl groups is 1. The van der Waals surface area contributed by atoms with Gasteiger partial charge in [-0.25, -0.2) is 4.79 Å². The van der Waals surface area contributed by atoms with Crippen molar-refractivity contribution in [3.8, 4) is 5.75 Å². The van der Waals surface area contributed by atoms with E-state index in [0.29, 0.717) is 17.9 Å². The van der Waals surface area contributed by atoms with Crippen LogP contribution in [0.4, 0.5) is 0 Å². The number of likely N-dealkylation sites (tertiary alicyclic amines) is 1. The Morgan fingerprint density at radius 3 is 2.87 bits per heavy atom. The van der Waals surface area contributed by atoms with Crippen molar-refractivity contribution in [2.75, 3.05) is 13.7 Å². The van der Waals surface area contributed by atoms with Gasteiger partial charge in [-0.1, -0.05) is 0 Å². The Morgan fingerprint density at radius 1 is 1.39 bits per heavy atom. The Balaban J connectivity index is 1.98. The molecule has 1 atom stereocenters. The Labute approximate surface area is 135 Å². The molecule has 5 nitrogen and oxygen atoms in total. The van der Waals surface area contributed by atoms with E-state index in [1.54, 1.807) is 19.2 Å². The van der Waals surface area contributed by atoms with E-state index in [0.717, 1.165) is 30.3 Å². The van der Waals surface area contributed by atoms with Gasteiger partial charge in [0.1, 0.15) is 11.3 Å². The average molecular weight is 317 g/mol. The molecule has 3 rings (SSSR count). The molecular formula is C18H23NO4. The third-order valence-electron chi connectivity index (χ3n) is 4.59. The summed E-state index contributed by atoms with van der Waals surface area (Å²) in [6, 6.07) is 7.17. The second kappa shape index (κ2) is 5.98. The van der Waals surface area contributed by atoms with Gasteiger partial charge in [0, 0.05) is 30.1 Å². The average Bonchev–Trinajstić information content (AvgIpc) is 2.94. The Kier molecular flexibility index (Phi) is 4.17. The van der Waals surface area contributed by atoms with Gasteiger partial charge in [-0.2, -0.15) is 0 Å². The molecule has 0 saturated carbocycles. The lowest BCUT2D eigenvalue weighted by atomic mass is 9.96. The number of ether oxygens (including phenoxy) is 1. The predicted octanol–water partition coefficient (Wildman–Crippen LogP) is 2.54. The van der Waals surface area contributed by atoms with Crippen LogP contribution in [0.25, 0.3) is 11.0 Å². The third-order valence-corrected chi connectivity index (χ3v) is 4.59. The molecule has 0 bridgehead atoms. The number of hydrogen-bond donors (Lipinski definition) is 1. The zero-order valence-electron chi connectivity index (χ0n) is 13.8. The number of methoxy groups -OCH3 is 1. The van der Waals surface area contributed by atoms with E-state index in [2.05, 4.69) is 4.90 Å². The molecule has 1 aromatic carbocycles. The summed E-state index contributed by atoms with van der Waals surface area (Å²) in [6.45, 7) is 5.24. The van der Waals surface area contributed by atoms with Crippen LogP contribution in [0.15, 0.2) is 33.5 Å². The summed E-state index contributed by atoms with van der Waals surface area (Å²) in [5.41, 5.74) is 0.343. The van der Waals surface area contributed by atoms with Crippen molar-refractivity contribution in [2.24, 2.45) is 0 Å². The fourth-order valence-corrected chi connectivity index (χ4v) is 3.50. The van der Waals surface area contributed by atoms with Gasteiger partial charge in [0.05, 0.1) is 12.7 Å². The highest BCUT2D eigenvalue weighted by molar-refractivity contribution is 5.81. The molecule has 1 aliphatic heterocycles. The quantitative estimate of drug-likeness (QED) is 0.878. The molecule has 2 aromatic rings. The van der Waals surface area contributed by atoms with Crippen LogP contribution in [0.5, 0.6) is 5.75 Å². The normalized spacial score (nSPS) is 19.4. The molecule has 1 unspecified atom stereocenters. The van der Waals surface area contributed by atoms with Gasteiger partial charge in [0.15, 0.2) is 0 Å². The second-order valence-electron chi connectivity index (χ2n) is 6.73. The summed E-state index contributed by atoms with van der Waals surface area (Å²) in [7, 11) is 1.58. The molecule has 1 aromatic heterocycles. The first-order valence-electron chi connectivity index (χ1n) is 7.95. The molecular weight excluding hydrogens is 294 g/mol. The highest BCUT2D eigenvalue weighted by Crippen LogP contribution is 2.30. The van der Waals surface area contributed by atoms with Crippen LogP contribution in [-0.4, -0.2) is 35.3 Å². The standard InChI is InChI=1S/C18H23NO4/c1-18(2,21)16-5-4-8-19(16)11-12-9-17(20)23-15-10-13(22-3)6-7-14(12)15/h6-7,9-10,16,21H,4-5,8,11H2,1-3H3. The van der Waals surface area contributed by atoms with Crippen molar-refractivity contribution < 1.29 is 14.3 Å². The molecule has 0 aliphatic carbocycles. The first kappa shape index (κ1) is 16.0. The van der Waals surface area contributed by atoms with Crippen LogP contribution in [0.2, 0.25) is 0 Å². The molecule has 0 radical (unpaired) electrons. The van der Waals surface area contributed by atoms with E-state index in [-0.39, 0.29) is 11.7 Å². The van der Waals surface area contributed by atoms with E-state index < -0.39 is 5.60 Å². The fourth-order valence-electron chi connectivity index (χ4n) is 3.50. The minimum atomic E-state index is -0.755. The molecule has 0 spiro atoms. The van der Waals surface area contributed by atoms with Crippen molar-refractivity contribution in [2.45, 2.75) is 44.9 Å². The van der Waals surface area contributed by atoms with Gasteiger partial charge < -0.3 is 14.3 Å². The smallest absolute Gasteiger partial charge is 0.336 e. The molecule has 1 fully saturated rings. The number of hydrogen-bond acceptors (Lipinski definition) is 5. The van der Waals surface area contributed by atoms with E-state index in [1.807, 2.05) is 26.0 Å². The number of rotatable bonds is 4. The lowest BCUT2D eigenvalue weighted by Gasteiger charge is -2.34. The van der Waals surface area contributed by atoms with Gasteiger partial charge in [-0.05, 0) is 50.9 Å². The lowest BCUT2D eigenvalue weighted by molar-refractivity contribution is -0.00492. The van der Waals surface area contributed by atoms with Crippen LogP contribution < -0.4 is 10.4 Å². The summed E-state index contributed by atoms with van der Waals surface area (Å²) in [5, 5.41) is 11.3. The second-order valence-corrected chi connectivity index (χ2v) is 6.73. The summed E-state index contributed by atoms with van der Waals surface area (Å²) in [4.78, 5) is 14.1. The van der Waals surface area contributed by atoms with E-state index in [4.69, 9.17) is 9.15 Å². The van der Waals surface area contributed by atoms with E-state index >= 15 is 0 Å². The fraction of sp³-hybridized carbons (Fsp3) is 0.500. The highest BCUT2D eigenvalue weighted by atomic mass is 16.5. The maximum atomic E-state index is 11.9. The van der Waals surface area contributed by atoms with Crippen molar-refractivity contribution in [1.82, 2.24) is 4.90 Å². The maximum Gasteiger partial charge on any atom is 0.336 e. The van der Waals surface area contributed by atoms with Crippen molar-refractivity contribution in [3.63, 3.8) is 0 Å². The zero-order valence-corrected chi connectivity index (χ0v) is 13.8. The zero-order chi connectivity index (χ0) is 16.6. The van der Waals surface area contributed by atoms with Gasteiger partial charge in [-0.3, -0.25) is 4.90 Å². The van der Waals surface area contributed by atoms with Crippen LogP contribution in [0.1, 0.15) is 32.3 Å². The maximum absolute atomic E-state index is 11.9. The Morgan fingerprint density at radius 2 is 2.17 bits per heavy atom. The summed E-state index contributed by atoms with van der Waals surface area (Å²) in [5.74, 6) is 0.661. The van der Waals surface area contributed by atoms with Crippen LogP contribution in [0, 0.1) is 0 Å². The Bertz CT molecular complexity index is 760. The topological polar surface area (TPSA) is 62.9 Å². The Hall–Kier alpha value is -1.85. The number of nitrogens with zero attached hydrogens (tertiary/aromatic N) is 1.